The molecule has 7 nitrogen and oxygen atoms in total. The fourth-order valence-corrected chi connectivity index (χ4v) is 4.77. The Morgan fingerprint density at radius 3 is 2.68 bits per heavy atom. The Kier molecular flexibility index (Phi) is 12.0. The van der Waals surface area contributed by atoms with Gasteiger partial charge in [-0.3, -0.25) is 9.59 Å². The Morgan fingerprint density at radius 1 is 1.11 bits per heavy atom. The number of aliphatic hydroxyl groups excluding tert-OH is 1. The highest BCUT2D eigenvalue weighted by atomic mass is 19.1. The number of aliphatic hydroxyl groups is 1. The molecule has 4 N–H and O–H groups in total. The van der Waals surface area contributed by atoms with Crippen LogP contribution in [-0.2, 0) is 29.0 Å². The van der Waals surface area contributed by atoms with E-state index in [1.54, 1.807) is 6.07 Å². The van der Waals surface area contributed by atoms with Crippen molar-refractivity contribution < 1.29 is 23.8 Å². The zero-order chi connectivity index (χ0) is 27.3. The smallest absolute Gasteiger partial charge is 0.220 e. The van der Waals surface area contributed by atoms with Crippen molar-refractivity contribution in [1.29, 1.82) is 0 Å². The first-order chi connectivity index (χ1) is 18.4. The fraction of sp³-hybridized carbons (Fsp3) is 0.533. The van der Waals surface area contributed by atoms with Crippen LogP contribution in [0.2, 0.25) is 0 Å². The zero-order valence-electron chi connectivity index (χ0n) is 22.6. The number of nitrogens with one attached hydrogen (secondary N) is 3. The molecule has 3 rings (SSSR count). The molecule has 0 spiro atoms. The predicted molar refractivity (Wildman–Crippen MR) is 146 cm³/mol. The molecule has 0 saturated carbocycles. The molecular formula is C30H42FN3O4. The van der Waals surface area contributed by atoms with E-state index < -0.39 is 18.0 Å². The van der Waals surface area contributed by atoms with Crippen molar-refractivity contribution in [3.8, 4) is 5.75 Å². The van der Waals surface area contributed by atoms with Crippen molar-refractivity contribution in [2.24, 2.45) is 5.92 Å². The van der Waals surface area contributed by atoms with Crippen LogP contribution < -0.4 is 20.7 Å². The molecule has 0 saturated heterocycles. The second-order valence-electron chi connectivity index (χ2n) is 10.1. The number of halogens is 1. The Hall–Kier alpha value is -2.97. The van der Waals surface area contributed by atoms with Crippen LogP contribution in [0.1, 0.15) is 62.6 Å². The number of hydrogen-bond donors (Lipinski definition) is 4. The number of benzene rings is 2. The van der Waals surface area contributed by atoms with Crippen molar-refractivity contribution in [2.45, 2.75) is 77.5 Å². The van der Waals surface area contributed by atoms with E-state index in [0.29, 0.717) is 31.0 Å². The van der Waals surface area contributed by atoms with Crippen LogP contribution in [-0.4, -0.2) is 48.8 Å². The number of rotatable bonds is 8. The van der Waals surface area contributed by atoms with Gasteiger partial charge in [-0.25, -0.2) is 4.39 Å². The molecule has 1 aliphatic heterocycles. The molecule has 8 heteroatoms. The van der Waals surface area contributed by atoms with E-state index in [9.17, 15) is 19.1 Å². The van der Waals surface area contributed by atoms with Gasteiger partial charge in [0, 0.05) is 38.5 Å². The van der Waals surface area contributed by atoms with E-state index in [4.69, 9.17) is 4.74 Å². The molecule has 0 aromatic heterocycles. The van der Waals surface area contributed by atoms with Gasteiger partial charge in [-0.05, 0) is 60.4 Å². The maximum atomic E-state index is 14.5. The van der Waals surface area contributed by atoms with E-state index in [-0.39, 0.29) is 43.5 Å². The number of ether oxygens (including phenoxy) is 1. The molecule has 2 aromatic carbocycles. The SMILES string of the molecule is CCCC1CCNC(=O)CCC(=O)NC(C(O)CNCc2cccc(CC)c2)Cc2cc(F)cc(c2)OC1. The standard InChI is InChI=1S/C30H42FN3O4/c1-3-6-22-11-12-33-29(36)9-10-30(37)34-27(16-24-14-25(31)17-26(15-24)38-20-22)28(35)19-32-18-23-8-5-7-21(4-2)13-23/h5,7-8,13-15,17,22,27-28,32,35H,3-4,6,9-12,16,18-20H2,1-2H3,(H,33,36)(H,34,37). The van der Waals surface area contributed by atoms with E-state index in [0.717, 1.165) is 31.2 Å². The van der Waals surface area contributed by atoms with Crippen LogP contribution in [0.3, 0.4) is 0 Å². The summed E-state index contributed by atoms with van der Waals surface area (Å²) < 4.78 is 20.5. The monoisotopic (exact) mass is 527 g/mol. The molecule has 0 fully saturated rings. The summed E-state index contributed by atoms with van der Waals surface area (Å²) in [4.78, 5) is 25.0. The molecule has 0 aliphatic carbocycles. The Morgan fingerprint density at radius 2 is 1.89 bits per heavy atom. The number of aryl methyl sites for hydroxylation is 1. The van der Waals surface area contributed by atoms with E-state index >= 15 is 0 Å². The molecule has 2 amide bonds. The van der Waals surface area contributed by atoms with E-state index in [2.05, 4.69) is 41.9 Å². The van der Waals surface area contributed by atoms with Crippen molar-refractivity contribution in [1.82, 2.24) is 16.0 Å². The summed E-state index contributed by atoms with van der Waals surface area (Å²) in [6.45, 7) is 5.93. The molecule has 3 atom stereocenters. The predicted octanol–water partition coefficient (Wildman–Crippen LogP) is 3.66. The lowest BCUT2D eigenvalue weighted by Crippen LogP contribution is -2.48. The lowest BCUT2D eigenvalue weighted by molar-refractivity contribution is -0.127. The van der Waals surface area contributed by atoms with Crippen LogP contribution in [0, 0.1) is 11.7 Å². The summed E-state index contributed by atoms with van der Waals surface area (Å²) >= 11 is 0. The van der Waals surface area contributed by atoms with E-state index in [1.807, 2.05) is 12.1 Å². The first-order valence-corrected chi connectivity index (χ1v) is 13.8. The molecule has 38 heavy (non-hydrogen) atoms. The first kappa shape index (κ1) is 29.6. The van der Waals surface area contributed by atoms with Crippen LogP contribution in [0.4, 0.5) is 4.39 Å². The third kappa shape index (κ3) is 10.1. The van der Waals surface area contributed by atoms with Gasteiger partial charge in [0.1, 0.15) is 11.6 Å². The molecule has 3 unspecified atom stereocenters. The number of hydrogen-bond acceptors (Lipinski definition) is 5. The van der Waals surface area contributed by atoms with Crippen molar-refractivity contribution in [2.75, 3.05) is 19.7 Å². The molecule has 0 radical (unpaired) electrons. The van der Waals surface area contributed by atoms with Gasteiger partial charge in [-0.2, -0.15) is 0 Å². The average molecular weight is 528 g/mol. The molecular weight excluding hydrogens is 485 g/mol. The molecule has 2 bridgehead atoms. The van der Waals surface area contributed by atoms with Crippen LogP contribution in [0.5, 0.6) is 5.75 Å². The second-order valence-corrected chi connectivity index (χ2v) is 10.1. The average Bonchev–Trinajstić information content (AvgIpc) is 2.89. The minimum absolute atomic E-state index is 0.0161. The third-order valence-corrected chi connectivity index (χ3v) is 6.92. The fourth-order valence-electron chi connectivity index (χ4n) is 4.77. The van der Waals surface area contributed by atoms with Gasteiger partial charge in [-0.1, -0.05) is 44.5 Å². The zero-order valence-corrected chi connectivity index (χ0v) is 22.6. The number of carbonyl (C=O) groups excluding carboxylic acids is 2. The van der Waals surface area contributed by atoms with Crippen LogP contribution >= 0.6 is 0 Å². The highest BCUT2D eigenvalue weighted by molar-refractivity contribution is 5.83. The topological polar surface area (TPSA) is 99.7 Å². The Bertz CT molecular complexity index is 1050. The maximum absolute atomic E-state index is 14.5. The van der Waals surface area contributed by atoms with Gasteiger partial charge in [0.15, 0.2) is 0 Å². The maximum Gasteiger partial charge on any atom is 0.220 e. The quantitative estimate of drug-likeness (QED) is 0.420. The summed E-state index contributed by atoms with van der Waals surface area (Å²) in [5, 5.41) is 20.0. The molecule has 208 valence electrons. The van der Waals surface area contributed by atoms with Gasteiger partial charge >= 0.3 is 0 Å². The molecule has 1 aliphatic rings. The summed E-state index contributed by atoms with van der Waals surface area (Å²) in [6.07, 6.45) is 2.99. The van der Waals surface area contributed by atoms with Gasteiger partial charge in [0.2, 0.25) is 11.8 Å². The molecule has 2 aromatic rings. The van der Waals surface area contributed by atoms with Crippen LogP contribution in [0.15, 0.2) is 42.5 Å². The minimum atomic E-state index is -0.928. The highest BCUT2D eigenvalue weighted by Gasteiger charge is 2.23. The van der Waals surface area contributed by atoms with Crippen LogP contribution in [0.25, 0.3) is 0 Å². The largest absolute Gasteiger partial charge is 0.493 e. The Balaban J connectivity index is 1.73. The van der Waals surface area contributed by atoms with Gasteiger partial charge < -0.3 is 25.8 Å². The Labute approximate surface area is 225 Å². The molecule has 1 heterocycles. The normalized spacial score (nSPS) is 20.2. The van der Waals surface area contributed by atoms with Crippen molar-refractivity contribution in [3.63, 3.8) is 0 Å². The lowest BCUT2D eigenvalue weighted by Gasteiger charge is -2.25. The number of carbonyl (C=O) groups is 2. The first-order valence-electron chi connectivity index (χ1n) is 13.8. The summed E-state index contributed by atoms with van der Waals surface area (Å²) in [6, 6.07) is 12.1. The van der Waals surface area contributed by atoms with Crippen molar-refractivity contribution >= 4 is 11.8 Å². The van der Waals surface area contributed by atoms with Gasteiger partial charge in [0.05, 0.1) is 18.8 Å². The summed E-state index contributed by atoms with van der Waals surface area (Å²) in [5.41, 5.74) is 2.97. The van der Waals surface area contributed by atoms with Gasteiger partial charge in [-0.15, -0.1) is 0 Å². The minimum Gasteiger partial charge on any atom is -0.493 e. The second kappa shape index (κ2) is 15.4. The lowest BCUT2D eigenvalue weighted by atomic mass is 9.99. The highest BCUT2D eigenvalue weighted by Crippen LogP contribution is 2.21. The number of fused-ring (bicyclic) bond motifs is 2. The van der Waals surface area contributed by atoms with Crippen molar-refractivity contribution in [3.05, 3.63) is 65.0 Å². The van der Waals surface area contributed by atoms with E-state index in [1.165, 1.54) is 17.7 Å². The summed E-state index contributed by atoms with van der Waals surface area (Å²) in [7, 11) is 0. The summed E-state index contributed by atoms with van der Waals surface area (Å²) in [5.74, 6) is -0.286. The third-order valence-electron chi connectivity index (χ3n) is 6.92. The van der Waals surface area contributed by atoms with Gasteiger partial charge in [0.25, 0.3) is 0 Å². The number of amides is 2.